The number of benzene rings is 1. The zero-order valence-electron chi connectivity index (χ0n) is 11.9. The Hall–Kier alpha value is -2.11. The van der Waals surface area contributed by atoms with Gasteiger partial charge >= 0.3 is 12.0 Å². The molecule has 1 aliphatic rings. The summed E-state index contributed by atoms with van der Waals surface area (Å²) < 4.78 is 13.1. The Bertz CT molecular complexity index is 549. The molecule has 114 valence electrons. The Labute approximate surface area is 122 Å². The molecule has 2 unspecified atom stereocenters. The van der Waals surface area contributed by atoms with Crippen molar-refractivity contribution < 1.29 is 19.1 Å². The van der Waals surface area contributed by atoms with Crippen molar-refractivity contribution in [1.82, 2.24) is 5.32 Å². The Morgan fingerprint density at radius 1 is 1.43 bits per heavy atom. The SMILES string of the molecule is CC1CCCC(NC(=O)Nc2cccc(F)c2)(C(=O)O)C1. The van der Waals surface area contributed by atoms with E-state index in [2.05, 4.69) is 10.6 Å². The summed E-state index contributed by atoms with van der Waals surface area (Å²) in [5, 5.41) is 14.5. The number of halogens is 1. The van der Waals surface area contributed by atoms with Crippen molar-refractivity contribution in [2.75, 3.05) is 5.32 Å². The minimum Gasteiger partial charge on any atom is -0.480 e. The average molecular weight is 294 g/mol. The molecule has 6 heteroatoms. The molecule has 0 heterocycles. The van der Waals surface area contributed by atoms with E-state index in [0.29, 0.717) is 12.8 Å². The van der Waals surface area contributed by atoms with Crippen LogP contribution in [0.5, 0.6) is 0 Å². The van der Waals surface area contributed by atoms with Crippen LogP contribution >= 0.6 is 0 Å². The van der Waals surface area contributed by atoms with Crippen LogP contribution in [0.15, 0.2) is 24.3 Å². The second-order valence-corrected chi connectivity index (χ2v) is 5.68. The molecule has 1 saturated carbocycles. The predicted octanol–water partition coefficient (Wildman–Crippen LogP) is 2.98. The van der Waals surface area contributed by atoms with Gasteiger partial charge in [0, 0.05) is 5.69 Å². The molecule has 5 nitrogen and oxygen atoms in total. The Kier molecular flexibility index (Phi) is 4.45. The highest BCUT2D eigenvalue weighted by molar-refractivity contribution is 5.94. The third-order valence-corrected chi connectivity index (χ3v) is 3.84. The second kappa shape index (κ2) is 6.11. The van der Waals surface area contributed by atoms with Gasteiger partial charge in [0.05, 0.1) is 0 Å². The van der Waals surface area contributed by atoms with Crippen LogP contribution in [0.2, 0.25) is 0 Å². The monoisotopic (exact) mass is 294 g/mol. The topological polar surface area (TPSA) is 78.4 Å². The highest BCUT2D eigenvalue weighted by Crippen LogP contribution is 2.32. The van der Waals surface area contributed by atoms with Crippen LogP contribution in [0, 0.1) is 11.7 Å². The number of carbonyl (C=O) groups excluding carboxylic acids is 1. The number of aliphatic carboxylic acids is 1. The van der Waals surface area contributed by atoms with Gasteiger partial charge in [-0.05, 0) is 37.0 Å². The molecule has 0 saturated heterocycles. The summed E-state index contributed by atoms with van der Waals surface area (Å²) in [6.07, 6.45) is 2.53. The predicted molar refractivity (Wildman–Crippen MR) is 76.6 cm³/mol. The van der Waals surface area contributed by atoms with Crippen LogP contribution in [0.25, 0.3) is 0 Å². The van der Waals surface area contributed by atoms with Crippen molar-refractivity contribution in [3.8, 4) is 0 Å². The number of carbonyl (C=O) groups is 2. The molecule has 1 aromatic carbocycles. The first-order valence-electron chi connectivity index (χ1n) is 6.99. The summed E-state index contributed by atoms with van der Waals surface area (Å²) in [5.41, 5.74) is -0.952. The van der Waals surface area contributed by atoms with Crippen molar-refractivity contribution >= 4 is 17.7 Å². The number of carboxylic acids is 1. The van der Waals surface area contributed by atoms with Gasteiger partial charge in [-0.3, -0.25) is 0 Å². The maximum absolute atomic E-state index is 13.1. The number of hydrogen-bond acceptors (Lipinski definition) is 2. The Balaban J connectivity index is 2.07. The number of nitrogens with one attached hydrogen (secondary N) is 2. The summed E-state index contributed by atoms with van der Waals surface area (Å²) in [6, 6.07) is 4.83. The molecule has 0 bridgehead atoms. The van der Waals surface area contributed by atoms with Gasteiger partial charge in [-0.15, -0.1) is 0 Å². The van der Waals surface area contributed by atoms with Crippen LogP contribution in [-0.4, -0.2) is 22.6 Å². The van der Waals surface area contributed by atoms with Crippen LogP contribution in [0.4, 0.5) is 14.9 Å². The summed E-state index contributed by atoms with van der Waals surface area (Å²) in [5.74, 6) is -1.25. The largest absolute Gasteiger partial charge is 0.480 e. The van der Waals surface area contributed by atoms with Crippen molar-refractivity contribution in [3.63, 3.8) is 0 Å². The van der Waals surface area contributed by atoms with Gasteiger partial charge in [0.2, 0.25) is 0 Å². The third-order valence-electron chi connectivity index (χ3n) is 3.84. The molecule has 2 rings (SSSR count). The lowest BCUT2D eigenvalue weighted by Gasteiger charge is -2.36. The summed E-state index contributed by atoms with van der Waals surface area (Å²) in [6.45, 7) is 1.98. The number of hydrogen-bond donors (Lipinski definition) is 3. The molecular weight excluding hydrogens is 275 g/mol. The van der Waals surface area contributed by atoms with Gasteiger partial charge in [0.1, 0.15) is 11.4 Å². The van der Waals surface area contributed by atoms with Gasteiger partial charge in [-0.2, -0.15) is 0 Å². The van der Waals surface area contributed by atoms with E-state index >= 15 is 0 Å². The van der Waals surface area contributed by atoms with E-state index in [0.717, 1.165) is 12.8 Å². The van der Waals surface area contributed by atoms with Crippen LogP contribution in [0.1, 0.15) is 32.6 Å². The fourth-order valence-electron chi connectivity index (χ4n) is 2.86. The molecule has 3 N–H and O–H groups in total. The highest BCUT2D eigenvalue weighted by atomic mass is 19.1. The fraction of sp³-hybridized carbons (Fsp3) is 0.467. The smallest absolute Gasteiger partial charge is 0.329 e. The summed E-state index contributed by atoms with van der Waals surface area (Å²) >= 11 is 0. The lowest BCUT2D eigenvalue weighted by Crippen LogP contribution is -2.57. The lowest BCUT2D eigenvalue weighted by atomic mass is 9.76. The number of carboxylic acid groups (broad SMARTS) is 1. The number of urea groups is 1. The maximum Gasteiger partial charge on any atom is 0.329 e. The average Bonchev–Trinajstić information content (AvgIpc) is 2.38. The Morgan fingerprint density at radius 2 is 2.19 bits per heavy atom. The first-order valence-corrected chi connectivity index (χ1v) is 6.99. The third kappa shape index (κ3) is 3.71. The maximum atomic E-state index is 13.1. The lowest BCUT2D eigenvalue weighted by molar-refractivity contribution is -0.146. The van der Waals surface area contributed by atoms with Gasteiger partial charge in [-0.1, -0.05) is 25.8 Å². The molecule has 0 radical (unpaired) electrons. The molecule has 0 aliphatic heterocycles. The van der Waals surface area contributed by atoms with Gasteiger partial charge in [-0.25, -0.2) is 14.0 Å². The molecular formula is C15H19FN2O3. The van der Waals surface area contributed by atoms with E-state index in [1.807, 2.05) is 6.92 Å². The van der Waals surface area contributed by atoms with Gasteiger partial charge in [0.15, 0.2) is 0 Å². The van der Waals surface area contributed by atoms with E-state index in [4.69, 9.17) is 0 Å². The minimum absolute atomic E-state index is 0.240. The van der Waals surface area contributed by atoms with Crippen LogP contribution < -0.4 is 10.6 Å². The van der Waals surface area contributed by atoms with E-state index in [1.165, 1.54) is 18.2 Å². The number of anilines is 1. The van der Waals surface area contributed by atoms with E-state index < -0.39 is 23.4 Å². The molecule has 2 amide bonds. The van der Waals surface area contributed by atoms with E-state index in [-0.39, 0.29) is 11.6 Å². The van der Waals surface area contributed by atoms with Crippen molar-refractivity contribution in [2.45, 2.75) is 38.1 Å². The van der Waals surface area contributed by atoms with Crippen LogP contribution in [0.3, 0.4) is 0 Å². The zero-order valence-corrected chi connectivity index (χ0v) is 11.9. The summed E-state index contributed by atoms with van der Waals surface area (Å²) in [7, 11) is 0. The quantitative estimate of drug-likeness (QED) is 0.802. The molecule has 0 spiro atoms. The molecule has 1 aromatic rings. The van der Waals surface area contributed by atoms with Crippen molar-refractivity contribution in [3.05, 3.63) is 30.1 Å². The number of rotatable bonds is 3. The first kappa shape index (κ1) is 15.3. The van der Waals surface area contributed by atoms with Crippen molar-refractivity contribution in [2.24, 2.45) is 5.92 Å². The molecule has 1 fully saturated rings. The minimum atomic E-state index is -1.24. The molecule has 1 aliphatic carbocycles. The Morgan fingerprint density at radius 3 is 2.81 bits per heavy atom. The normalized spacial score (nSPS) is 25.1. The summed E-state index contributed by atoms with van der Waals surface area (Å²) in [4.78, 5) is 23.6. The fourth-order valence-corrected chi connectivity index (χ4v) is 2.86. The van der Waals surface area contributed by atoms with E-state index in [1.54, 1.807) is 6.07 Å². The first-order chi connectivity index (χ1) is 9.91. The van der Waals surface area contributed by atoms with Crippen LogP contribution in [-0.2, 0) is 4.79 Å². The second-order valence-electron chi connectivity index (χ2n) is 5.68. The molecule has 2 atom stereocenters. The van der Waals surface area contributed by atoms with Gasteiger partial charge < -0.3 is 15.7 Å². The molecule has 21 heavy (non-hydrogen) atoms. The number of amides is 2. The standard InChI is InChI=1S/C15H19FN2O3/c1-10-4-3-7-15(9-10,13(19)20)18-14(21)17-12-6-2-5-11(16)8-12/h2,5-6,8,10H,3-4,7,9H2,1H3,(H,19,20)(H2,17,18,21). The van der Waals surface area contributed by atoms with Gasteiger partial charge in [0.25, 0.3) is 0 Å². The van der Waals surface area contributed by atoms with Crippen molar-refractivity contribution in [1.29, 1.82) is 0 Å². The highest BCUT2D eigenvalue weighted by Gasteiger charge is 2.43. The zero-order chi connectivity index (χ0) is 15.5. The van der Waals surface area contributed by atoms with E-state index in [9.17, 15) is 19.1 Å². The molecule has 0 aromatic heterocycles.